The lowest BCUT2D eigenvalue weighted by atomic mass is 10.1. The van der Waals surface area contributed by atoms with Gasteiger partial charge in [-0.15, -0.1) is 0 Å². The van der Waals surface area contributed by atoms with Crippen molar-refractivity contribution in [1.82, 2.24) is 14.9 Å². The van der Waals surface area contributed by atoms with Crippen LogP contribution in [0.25, 0.3) is 28.1 Å². The number of fused-ring (bicyclic) bond motifs is 1. The molecule has 0 aliphatic heterocycles. The van der Waals surface area contributed by atoms with E-state index < -0.39 is 0 Å². The highest BCUT2D eigenvalue weighted by Gasteiger charge is 2.15. The number of carbonyl (C=O) groups is 1. The number of hydrogen-bond acceptors (Lipinski definition) is 3. The zero-order valence-corrected chi connectivity index (χ0v) is 17.3. The molecule has 0 fully saturated rings. The summed E-state index contributed by atoms with van der Waals surface area (Å²) in [6.07, 6.45) is 0. The van der Waals surface area contributed by atoms with Gasteiger partial charge < -0.3 is 10.4 Å². The molecule has 0 saturated heterocycles. The molecule has 2 N–H and O–H groups in total. The molecule has 0 bridgehead atoms. The van der Waals surface area contributed by atoms with Gasteiger partial charge in [0, 0.05) is 23.4 Å². The number of nitrogens with one attached hydrogen (secondary N) is 1. The molecule has 5 aromatic rings. The Labute approximate surface area is 185 Å². The van der Waals surface area contributed by atoms with Crippen LogP contribution < -0.4 is 5.32 Å². The molecule has 0 atom stereocenters. The molecule has 156 valence electrons. The van der Waals surface area contributed by atoms with Crippen molar-refractivity contribution in [3.63, 3.8) is 0 Å². The van der Waals surface area contributed by atoms with Crippen LogP contribution in [0.1, 0.15) is 15.9 Å². The summed E-state index contributed by atoms with van der Waals surface area (Å²) < 4.78 is 2.05. The summed E-state index contributed by atoms with van der Waals surface area (Å²) in [5.41, 5.74) is 5.29. The Morgan fingerprint density at radius 3 is 2.25 bits per heavy atom. The van der Waals surface area contributed by atoms with Crippen molar-refractivity contribution in [3.05, 3.63) is 114 Å². The Morgan fingerprint density at radius 2 is 1.50 bits per heavy atom. The number of nitrogens with zero attached hydrogens (tertiary/aromatic N) is 2. The Balaban J connectivity index is 1.46. The maximum absolute atomic E-state index is 12.6. The number of hydrogen-bond donors (Lipinski definition) is 2. The van der Waals surface area contributed by atoms with Gasteiger partial charge in [0.25, 0.3) is 5.91 Å². The molecule has 0 aliphatic rings. The predicted molar refractivity (Wildman–Crippen MR) is 126 cm³/mol. The molecule has 0 saturated carbocycles. The number of imidazole rings is 1. The average Bonchev–Trinajstić information content (AvgIpc) is 3.23. The van der Waals surface area contributed by atoms with E-state index in [1.165, 1.54) is 0 Å². The molecule has 0 spiro atoms. The first-order chi connectivity index (χ1) is 15.7. The Hall–Kier alpha value is -4.38. The fourth-order valence-electron chi connectivity index (χ4n) is 3.73. The fraction of sp³-hybridized carbons (Fsp3) is 0.0370. The summed E-state index contributed by atoms with van der Waals surface area (Å²) in [7, 11) is 0. The van der Waals surface area contributed by atoms with Gasteiger partial charge in [0.05, 0.1) is 11.0 Å². The van der Waals surface area contributed by atoms with Crippen LogP contribution in [0, 0.1) is 0 Å². The summed E-state index contributed by atoms with van der Waals surface area (Å²) in [6.45, 7) is 0.484. The minimum absolute atomic E-state index is 0.118. The van der Waals surface area contributed by atoms with Crippen LogP contribution in [0.4, 0.5) is 0 Å². The van der Waals surface area contributed by atoms with Crippen LogP contribution in [0.15, 0.2) is 103 Å². The van der Waals surface area contributed by atoms with Crippen molar-refractivity contribution in [2.75, 3.05) is 0 Å². The molecule has 1 heterocycles. The summed E-state index contributed by atoms with van der Waals surface area (Å²) in [6, 6.07) is 32.3. The second-order valence-electron chi connectivity index (χ2n) is 7.52. The summed E-state index contributed by atoms with van der Waals surface area (Å²) in [4.78, 5) is 17.4. The largest absolute Gasteiger partial charge is 0.508 e. The maximum Gasteiger partial charge on any atom is 0.251 e. The molecule has 1 aromatic heterocycles. The second kappa shape index (κ2) is 8.40. The number of benzene rings is 4. The molecular weight excluding hydrogens is 398 g/mol. The van der Waals surface area contributed by atoms with E-state index >= 15 is 0 Å². The van der Waals surface area contributed by atoms with Crippen molar-refractivity contribution < 1.29 is 9.90 Å². The molecule has 32 heavy (non-hydrogen) atoms. The van der Waals surface area contributed by atoms with E-state index in [0.29, 0.717) is 12.1 Å². The number of para-hydroxylation sites is 2. The molecule has 5 heteroatoms. The minimum atomic E-state index is -0.118. The number of aromatic nitrogens is 2. The van der Waals surface area contributed by atoms with E-state index in [1.807, 2.05) is 91.0 Å². The smallest absolute Gasteiger partial charge is 0.251 e. The molecular formula is C27H21N3O2. The SMILES string of the molecule is O=C(NCc1ccccc1)c1ccc(-c2nc3ccccc3n2-c2ccc(O)cc2)cc1. The third-order valence-electron chi connectivity index (χ3n) is 5.37. The third kappa shape index (κ3) is 3.84. The number of carbonyl (C=O) groups excluding carboxylic acids is 1. The normalized spacial score (nSPS) is 10.9. The Bertz CT molecular complexity index is 1370. The van der Waals surface area contributed by atoms with Gasteiger partial charge in [0.15, 0.2) is 0 Å². The molecule has 0 aliphatic carbocycles. The highest BCUT2D eigenvalue weighted by Crippen LogP contribution is 2.29. The molecule has 1 amide bonds. The van der Waals surface area contributed by atoms with Gasteiger partial charge in [0.2, 0.25) is 0 Å². The first-order valence-electron chi connectivity index (χ1n) is 10.4. The zero-order valence-electron chi connectivity index (χ0n) is 17.3. The lowest BCUT2D eigenvalue weighted by molar-refractivity contribution is 0.0951. The summed E-state index contributed by atoms with van der Waals surface area (Å²) >= 11 is 0. The maximum atomic E-state index is 12.6. The highest BCUT2D eigenvalue weighted by molar-refractivity contribution is 5.94. The second-order valence-corrected chi connectivity index (χ2v) is 7.52. The number of rotatable bonds is 5. The first kappa shape index (κ1) is 19.6. The monoisotopic (exact) mass is 419 g/mol. The van der Waals surface area contributed by atoms with Gasteiger partial charge in [-0.3, -0.25) is 9.36 Å². The molecule has 5 nitrogen and oxygen atoms in total. The number of amides is 1. The van der Waals surface area contributed by atoms with Gasteiger partial charge >= 0.3 is 0 Å². The fourth-order valence-corrected chi connectivity index (χ4v) is 3.73. The standard InChI is InChI=1S/C27H21N3O2/c31-23-16-14-22(15-17-23)30-25-9-5-4-8-24(25)29-26(30)20-10-12-21(13-11-20)27(32)28-18-19-6-2-1-3-7-19/h1-17,31H,18H2,(H,28,32). The van der Waals surface area contributed by atoms with Crippen LogP contribution in [-0.4, -0.2) is 20.6 Å². The molecule has 0 radical (unpaired) electrons. The van der Waals surface area contributed by atoms with Crippen molar-refractivity contribution in [1.29, 1.82) is 0 Å². The average molecular weight is 419 g/mol. The van der Waals surface area contributed by atoms with Crippen molar-refractivity contribution in [2.24, 2.45) is 0 Å². The van der Waals surface area contributed by atoms with E-state index in [-0.39, 0.29) is 11.7 Å². The number of phenols is 1. The molecule has 0 unspecified atom stereocenters. The summed E-state index contributed by atoms with van der Waals surface area (Å²) in [5, 5.41) is 12.6. The quantitative estimate of drug-likeness (QED) is 0.405. The van der Waals surface area contributed by atoms with Gasteiger partial charge in [-0.05, 0) is 54.1 Å². The van der Waals surface area contributed by atoms with Crippen LogP contribution >= 0.6 is 0 Å². The lowest BCUT2D eigenvalue weighted by Crippen LogP contribution is -2.22. The van der Waals surface area contributed by atoms with E-state index in [0.717, 1.165) is 33.7 Å². The zero-order chi connectivity index (χ0) is 21.9. The van der Waals surface area contributed by atoms with E-state index in [4.69, 9.17) is 4.98 Å². The lowest BCUT2D eigenvalue weighted by Gasteiger charge is -2.10. The van der Waals surface area contributed by atoms with Crippen LogP contribution in [0.5, 0.6) is 5.75 Å². The predicted octanol–water partition coefficient (Wildman–Crippen LogP) is 5.33. The van der Waals surface area contributed by atoms with Gasteiger partial charge in [-0.1, -0.05) is 54.6 Å². The molecule has 5 rings (SSSR count). The molecule has 4 aromatic carbocycles. The van der Waals surface area contributed by atoms with Crippen LogP contribution in [0.3, 0.4) is 0 Å². The van der Waals surface area contributed by atoms with Crippen molar-refractivity contribution in [3.8, 4) is 22.8 Å². The Morgan fingerprint density at radius 1 is 0.812 bits per heavy atom. The van der Waals surface area contributed by atoms with Crippen molar-refractivity contribution >= 4 is 16.9 Å². The van der Waals surface area contributed by atoms with E-state index in [9.17, 15) is 9.90 Å². The van der Waals surface area contributed by atoms with Crippen LogP contribution in [0.2, 0.25) is 0 Å². The van der Waals surface area contributed by atoms with Crippen LogP contribution in [-0.2, 0) is 6.54 Å². The van der Waals surface area contributed by atoms with E-state index in [2.05, 4.69) is 9.88 Å². The number of aromatic hydroxyl groups is 1. The third-order valence-corrected chi connectivity index (χ3v) is 5.37. The first-order valence-corrected chi connectivity index (χ1v) is 10.4. The topological polar surface area (TPSA) is 67.2 Å². The van der Waals surface area contributed by atoms with Crippen molar-refractivity contribution in [2.45, 2.75) is 6.54 Å². The van der Waals surface area contributed by atoms with E-state index in [1.54, 1.807) is 12.1 Å². The van der Waals surface area contributed by atoms with Gasteiger partial charge in [-0.2, -0.15) is 0 Å². The van der Waals surface area contributed by atoms with Gasteiger partial charge in [0.1, 0.15) is 11.6 Å². The minimum Gasteiger partial charge on any atom is -0.508 e. The highest BCUT2D eigenvalue weighted by atomic mass is 16.3. The Kier molecular flexibility index (Phi) is 5.14. The number of phenolic OH excluding ortho intramolecular Hbond substituents is 1. The van der Waals surface area contributed by atoms with Gasteiger partial charge in [-0.25, -0.2) is 4.98 Å². The summed E-state index contributed by atoms with van der Waals surface area (Å²) in [5.74, 6) is 0.867.